The number of hydrogen-bond acceptors (Lipinski definition) is 8. The van der Waals surface area contributed by atoms with E-state index in [1.54, 1.807) is 0 Å². The number of nitrogens with one attached hydrogen (secondary N) is 1. The Bertz CT molecular complexity index is 1670. The van der Waals surface area contributed by atoms with Crippen LogP contribution in [0.2, 0.25) is 0 Å². The van der Waals surface area contributed by atoms with Gasteiger partial charge in [-0.25, -0.2) is 9.29 Å². The molecule has 1 saturated heterocycles. The number of non-ortho nitro benzene ring substituents is 1. The van der Waals surface area contributed by atoms with Crippen LogP contribution >= 0.6 is 23.1 Å². The first-order chi connectivity index (χ1) is 18.8. The molecular weight excluding hydrogens is 545 g/mol. The fourth-order valence-electron chi connectivity index (χ4n) is 4.96. The molecule has 3 atom stereocenters. The lowest BCUT2D eigenvalue weighted by Crippen LogP contribution is -2.32. The average molecular weight is 564 g/mol. The molecule has 0 aliphatic carbocycles. The van der Waals surface area contributed by atoms with Gasteiger partial charge in [0.2, 0.25) is 11.8 Å². The van der Waals surface area contributed by atoms with Gasteiger partial charge in [0.1, 0.15) is 23.4 Å². The predicted octanol–water partition coefficient (Wildman–Crippen LogP) is 4.86. The van der Waals surface area contributed by atoms with Gasteiger partial charge in [-0.1, -0.05) is 53.4 Å². The van der Waals surface area contributed by atoms with Crippen LogP contribution in [-0.2, 0) is 16.2 Å². The first kappa shape index (κ1) is 25.0. The van der Waals surface area contributed by atoms with Crippen LogP contribution in [0, 0.1) is 21.8 Å². The molecule has 9 nitrogen and oxygen atoms in total. The van der Waals surface area contributed by atoms with Gasteiger partial charge < -0.3 is 9.72 Å². The monoisotopic (exact) mass is 563 g/mol. The van der Waals surface area contributed by atoms with E-state index in [9.17, 15) is 28.9 Å². The number of rotatable bonds is 6. The summed E-state index contributed by atoms with van der Waals surface area (Å²) in [6, 6.07) is 18.5. The molecule has 0 bridgehead atoms. The van der Waals surface area contributed by atoms with Gasteiger partial charge in [-0.05, 0) is 35.9 Å². The Balaban J connectivity index is 1.48. The summed E-state index contributed by atoms with van der Waals surface area (Å²) in [5.41, 5.74) is 1.19. The maximum Gasteiger partial charge on any atom is 0.305 e. The number of aromatic nitrogens is 1. The molecule has 3 heterocycles. The number of carbonyl (C=O) groups is 2. The second kappa shape index (κ2) is 9.79. The molecule has 0 saturated carbocycles. The number of H-pyrrole nitrogens is 1. The standard InChI is InChI=1S/C27H18FN3O6S2/c28-15-6-8-16(9-7-15)30-25(32)21-20(22-24(29-27(34)39-22)38-23(21)26(30)33)18-12-17(31(35)36)10-11-19(18)37-13-14-4-2-1-3-5-14/h1-12,20-21,23H,13H2,(H,29,34)/t20-,21?,23?/m1/s1. The number of thioether (sulfide) groups is 1. The van der Waals surface area contributed by atoms with Gasteiger partial charge in [-0.3, -0.25) is 24.5 Å². The van der Waals surface area contributed by atoms with Crippen LogP contribution in [0.15, 0.2) is 82.6 Å². The number of halogens is 1. The van der Waals surface area contributed by atoms with Gasteiger partial charge in [-0.15, -0.1) is 0 Å². The summed E-state index contributed by atoms with van der Waals surface area (Å²) >= 11 is 1.97. The lowest BCUT2D eigenvalue weighted by molar-refractivity contribution is -0.385. The number of carbonyl (C=O) groups excluding carboxylic acids is 2. The maximum absolute atomic E-state index is 13.9. The van der Waals surface area contributed by atoms with E-state index in [4.69, 9.17) is 4.74 Å². The minimum Gasteiger partial charge on any atom is -0.489 e. The largest absolute Gasteiger partial charge is 0.489 e. The van der Waals surface area contributed by atoms with E-state index in [1.807, 2.05) is 30.3 Å². The third-order valence-electron chi connectivity index (χ3n) is 6.69. The number of nitro benzene ring substituents is 1. The zero-order valence-electron chi connectivity index (χ0n) is 19.9. The Morgan fingerprint density at radius 2 is 1.74 bits per heavy atom. The van der Waals surface area contributed by atoms with Gasteiger partial charge in [0, 0.05) is 28.5 Å². The van der Waals surface area contributed by atoms with Crippen molar-refractivity contribution in [3.8, 4) is 5.75 Å². The van der Waals surface area contributed by atoms with Crippen LogP contribution in [-0.4, -0.2) is 27.0 Å². The summed E-state index contributed by atoms with van der Waals surface area (Å²) in [6.07, 6.45) is 0. The number of anilines is 1. The van der Waals surface area contributed by atoms with Crippen molar-refractivity contribution in [3.63, 3.8) is 0 Å². The van der Waals surface area contributed by atoms with Gasteiger partial charge in [0.05, 0.1) is 21.6 Å². The molecular formula is C27H18FN3O6S2. The Morgan fingerprint density at radius 3 is 2.46 bits per heavy atom. The molecule has 2 aliphatic heterocycles. The quantitative estimate of drug-likeness (QED) is 0.202. The highest BCUT2D eigenvalue weighted by Gasteiger charge is 2.57. The van der Waals surface area contributed by atoms with Crippen LogP contribution in [0.25, 0.3) is 0 Å². The van der Waals surface area contributed by atoms with Crippen molar-refractivity contribution in [1.29, 1.82) is 0 Å². The molecule has 3 aromatic carbocycles. The van der Waals surface area contributed by atoms with Gasteiger partial charge in [0.25, 0.3) is 5.69 Å². The van der Waals surface area contributed by atoms with Crippen molar-refractivity contribution >= 4 is 46.3 Å². The number of amides is 2. The van der Waals surface area contributed by atoms with E-state index in [2.05, 4.69) is 4.98 Å². The van der Waals surface area contributed by atoms with Crippen LogP contribution in [0.4, 0.5) is 15.8 Å². The van der Waals surface area contributed by atoms with Gasteiger partial charge in [-0.2, -0.15) is 0 Å². The van der Waals surface area contributed by atoms with E-state index in [0.717, 1.165) is 45.7 Å². The minimum absolute atomic E-state index is 0.159. The van der Waals surface area contributed by atoms with E-state index in [-0.39, 0.29) is 22.9 Å². The van der Waals surface area contributed by atoms with Crippen LogP contribution in [0.5, 0.6) is 5.75 Å². The molecule has 1 aromatic heterocycles. The smallest absolute Gasteiger partial charge is 0.305 e. The SMILES string of the molecule is O=C1C2Sc3[nH]c(=O)sc3[C@H](c3cc([N+](=O)[O-])ccc3OCc3ccccc3)C2C(=O)N1c1ccc(F)cc1. The number of nitro groups is 1. The van der Waals surface area contributed by atoms with Gasteiger partial charge in [0.15, 0.2) is 0 Å². The number of benzene rings is 3. The van der Waals surface area contributed by atoms with Crippen molar-refractivity contribution in [3.05, 3.63) is 114 Å². The molecule has 0 spiro atoms. The van der Waals surface area contributed by atoms with E-state index >= 15 is 0 Å². The lowest BCUT2D eigenvalue weighted by Gasteiger charge is -2.30. The van der Waals surface area contributed by atoms with Crippen molar-refractivity contribution in [2.75, 3.05) is 4.90 Å². The molecule has 1 N–H and O–H groups in total. The van der Waals surface area contributed by atoms with E-state index < -0.39 is 39.6 Å². The van der Waals surface area contributed by atoms with Gasteiger partial charge >= 0.3 is 4.87 Å². The number of imide groups is 1. The van der Waals surface area contributed by atoms with Crippen LogP contribution in [0.3, 0.4) is 0 Å². The topological polar surface area (TPSA) is 123 Å². The van der Waals surface area contributed by atoms with Crippen molar-refractivity contribution in [2.24, 2.45) is 5.92 Å². The maximum atomic E-state index is 13.9. The molecule has 0 radical (unpaired) electrons. The highest BCUT2D eigenvalue weighted by Crippen LogP contribution is 2.55. The van der Waals surface area contributed by atoms with Crippen LogP contribution in [0.1, 0.15) is 21.9 Å². The number of fused-ring (bicyclic) bond motifs is 2. The average Bonchev–Trinajstić information content (AvgIpc) is 3.42. The Labute approximate surface area is 228 Å². The van der Waals surface area contributed by atoms with Crippen LogP contribution < -0.4 is 14.5 Å². The number of aromatic amines is 1. The zero-order valence-corrected chi connectivity index (χ0v) is 21.5. The third kappa shape index (κ3) is 4.41. The molecule has 196 valence electrons. The highest BCUT2D eigenvalue weighted by atomic mass is 32.2. The normalized spacial score (nSPS) is 20.0. The molecule has 2 unspecified atom stereocenters. The molecule has 6 rings (SSSR count). The van der Waals surface area contributed by atoms with Crippen molar-refractivity contribution in [1.82, 2.24) is 4.98 Å². The van der Waals surface area contributed by atoms with Crippen molar-refractivity contribution < 1.29 is 23.6 Å². The zero-order chi connectivity index (χ0) is 27.3. The highest BCUT2D eigenvalue weighted by molar-refractivity contribution is 8.00. The minimum atomic E-state index is -0.979. The third-order valence-corrected chi connectivity index (χ3v) is 9.09. The number of hydrogen-bond donors (Lipinski definition) is 1. The summed E-state index contributed by atoms with van der Waals surface area (Å²) in [6.45, 7) is 0.159. The summed E-state index contributed by atoms with van der Waals surface area (Å²) in [4.78, 5) is 54.9. The number of thiazole rings is 1. The second-order valence-electron chi connectivity index (χ2n) is 8.99. The molecule has 39 heavy (non-hydrogen) atoms. The summed E-state index contributed by atoms with van der Waals surface area (Å²) in [5, 5.41) is 11.3. The molecule has 1 fully saturated rings. The molecule has 2 amide bonds. The number of ether oxygens (including phenoxy) is 1. The molecule has 12 heteroatoms. The Kier molecular flexibility index (Phi) is 6.28. The fourth-order valence-corrected chi connectivity index (χ4v) is 7.46. The summed E-state index contributed by atoms with van der Waals surface area (Å²) in [7, 11) is 0. The predicted molar refractivity (Wildman–Crippen MR) is 143 cm³/mol. The lowest BCUT2D eigenvalue weighted by atomic mass is 9.82. The fraction of sp³-hybridized carbons (Fsp3) is 0.148. The summed E-state index contributed by atoms with van der Waals surface area (Å²) < 4.78 is 19.7. The van der Waals surface area contributed by atoms with Crippen molar-refractivity contribution in [2.45, 2.75) is 22.8 Å². The first-order valence-corrected chi connectivity index (χ1v) is 13.5. The summed E-state index contributed by atoms with van der Waals surface area (Å²) in [5.74, 6) is -3.12. The number of nitrogens with zero attached hydrogens (tertiary/aromatic N) is 2. The van der Waals surface area contributed by atoms with E-state index in [0.29, 0.717) is 21.2 Å². The molecule has 4 aromatic rings. The first-order valence-electron chi connectivity index (χ1n) is 11.8. The van der Waals surface area contributed by atoms with E-state index in [1.165, 1.54) is 30.3 Å². The second-order valence-corrected chi connectivity index (χ2v) is 11.2. The Hall–Kier alpha value is -4.29. The Morgan fingerprint density at radius 1 is 1.00 bits per heavy atom. The molecule has 2 aliphatic rings.